The van der Waals surface area contributed by atoms with Crippen molar-refractivity contribution in [3.8, 4) is 23.0 Å². The van der Waals surface area contributed by atoms with Crippen LogP contribution in [-0.2, 0) is 14.6 Å². The van der Waals surface area contributed by atoms with Crippen LogP contribution in [0.2, 0.25) is 0 Å². The molecule has 2 aromatic carbocycles. The molecule has 1 N–H and O–H groups in total. The maximum absolute atomic E-state index is 12.8. The number of aromatic nitrogens is 2. The summed E-state index contributed by atoms with van der Waals surface area (Å²) >= 11 is 1.74. The molecular weight excluding hydrogens is 468 g/mol. The molecule has 174 valence electrons. The van der Waals surface area contributed by atoms with Gasteiger partial charge in [-0.1, -0.05) is 37.3 Å². The number of hydrogen-bond acceptors (Lipinski definition) is 6. The van der Waals surface area contributed by atoms with Gasteiger partial charge in [-0.15, -0.1) is 11.8 Å². The average molecular weight is 493 g/mol. The lowest BCUT2D eigenvalue weighted by atomic mass is 10.1. The summed E-state index contributed by atoms with van der Waals surface area (Å²) in [6.45, 7) is 2.10. The minimum Gasteiger partial charge on any atom is -0.348 e. The number of nitriles is 1. The van der Waals surface area contributed by atoms with Crippen LogP contribution in [0.5, 0.6) is 0 Å². The standard InChI is InChI=1S/C25H24N4O3S2/c1-2-33-23-10-8-18(9-11-23)24-20(16-29(28-24)22-6-4-3-5-7-22)14-19(15-26)25(30)27-21-12-13-34(31,32)17-21/h3-11,14,16,21H,2,12-13,17H2,1H3,(H,27,30)/b19-14-/t21-/m1/s1. The van der Waals surface area contributed by atoms with Crippen LogP contribution in [0.25, 0.3) is 23.0 Å². The van der Waals surface area contributed by atoms with Gasteiger partial charge < -0.3 is 5.32 Å². The van der Waals surface area contributed by atoms with Gasteiger partial charge in [0, 0.05) is 28.3 Å². The number of nitrogens with one attached hydrogen (secondary N) is 1. The van der Waals surface area contributed by atoms with Gasteiger partial charge in [-0.05, 0) is 42.5 Å². The number of hydrogen-bond donors (Lipinski definition) is 1. The number of nitrogens with zero attached hydrogens (tertiary/aromatic N) is 3. The van der Waals surface area contributed by atoms with Crippen LogP contribution in [0, 0.1) is 11.3 Å². The summed E-state index contributed by atoms with van der Waals surface area (Å²) in [7, 11) is -3.14. The predicted octanol–water partition coefficient (Wildman–Crippen LogP) is 3.86. The molecule has 0 aliphatic carbocycles. The quantitative estimate of drug-likeness (QED) is 0.305. The first kappa shape index (κ1) is 23.8. The van der Waals surface area contributed by atoms with E-state index in [1.807, 2.05) is 60.7 Å². The van der Waals surface area contributed by atoms with Crippen LogP contribution in [0.1, 0.15) is 18.9 Å². The first-order chi connectivity index (χ1) is 16.4. The van der Waals surface area contributed by atoms with Crippen molar-refractivity contribution in [2.75, 3.05) is 17.3 Å². The highest BCUT2D eigenvalue weighted by Gasteiger charge is 2.29. The number of carbonyl (C=O) groups excluding carboxylic acids is 1. The highest BCUT2D eigenvalue weighted by Crippen LogP contribution is 2.28. The fourth-order valence-corrected chi connectivity index (χ4v) is 6.12. The third-order valence-electron chi connectivity index (χ3n) is 5.43. The summed E-state index contributed by atoms with van der Waals surface area (Å²) in [6, 6.07) is 19.1. The predicted molar refractivity (Wildman–Crippen MR) is 134 cm³/mol. The second-order valence-electron chi connectivity index (χ2n) is 7.91. The van der Waals surface area contributed by atoms with E-state index < -0.39 is 21.8 Å². The number of para-hydroxylation sites is 1. The number of amides is 1. The Labute approximate surface area is 203 Å². The first-order valence-electron chi connectivity index (χ1n) is 10.9. The van der Waals surface area contributed by atoms with Gasteiger partial charge in [-0.2, -0.15) is 10.4 Å². The zero-order chi connectivity index (χ0) is 24.1. The van der Waals surface area contributed by atoms with Gasteiger partial charge in [0.25, 0.3) is 5.91 Å². The molecule has 1 amide bonds. The fraction of sp³-hybridized carbons (Fsp3) is 0.240. The molecule has 0 bridgehead atoms. The van der Waals surface area contributed by atoms with Crippen molar-refractivity contribution in [2.45, 2.75) is 24.3 Å². The summed E-state index contributed by atoms with van der Waals surface area (Å²) in [4.78, 5) is 13.9. The highest BCUT2D eigenvalue weighted by atomic mass is 32.2. The summed E-state index contributed by atoms with van der Waals surface area (Å²) in [6.07, 6.45) is 3.64. The van der Waals surface area contributed by atoms with E-state index in [-0.39, 0.29) is 17.1 Å². The number of rotatable bonds is 7. The molecule has 9 heteroatoms. The van der Waals surface area contributed by atoms with Crippen molar-refractivity contribution in [1.82, 2.24) is 15.1 Å². The zero-order valence-corrected chi connectivity index (χ0v) is 20.3. The molecule has 1 fully saturated rings. The van der Waals surface area contributed by atoms with E-state index in [0.717, 1.165) is 21.9 Å². The minimum absolute atomic E-state index is 0.0455. The van der Waals surface area contributed by atoms with Crippen molar-refractivity contribution >= 4 is 33.6 Å². The maximum atomic E-state index is 12.8. The molecule has 7 nitrogen and oxygen atoms in total. The van der Waals surface area contributed by atoms with Crippen LogP contribution in [-0.4, -0.2) is 47.4 Å². The Kier molecular flexibility index (Phi) is 7.20. The molecule has 0 unspecified atom stereocenters. The van der Waals surface area contributed by atoms with E-state index in [2.05, 4.69) is 12.2 Å². The largest absolute Gasteiger partial charge is 0.348 e. The van der Waals surface area contributed by atoms with E-state index in [1.54, 1.807) is 22.6 Å². The van der Waals surface area contributed by atoms with E-state index >= 15 is 0 Å². The molecule has 1 aromatic heterocycles. The summed E-state index contributed by atoms with van der Waals surface area (Å²) < 4.78 is 25.1. The number of carbonyl (C=O) groups is 1. The lowest BCUT2D eigenvalue weighted by molar-refractivity contribution is -0.117. The van der Waals surface area contributed by atoms with Crippen LogP contribution < -0.4 is 5.32 Å². The second-order valence-corrected chi connectivity index (χ2v) is 11.5. The monoisotopic (exact) mass is 492 g/mol. The number of sulfone groups is 1. The van der Waals surface area contributed by atoms with Gasteiger partial charge in [0.15, 0.2) is 9.84 Å². The smallest absolute Gasteiger partial charge is 0.262 e. The van der Waals surface area contributed by atoms with Crippen LogP contribution in [0.15, 0.2) is 71.3 Å². The molecule has 3 aromatic rings. The van der Waals surface area contributed by atoms with Crippen molar-refractivity contribution in [3.63, 3.8) is 0 Å². The Morgan fingerprint density at radius 3 is 2.59 bits per heavy atom. The number of thioether (sulfide) groups is 1. The molecule has 1 aliphatic heterocycles. The Bertz CT molecular complexity index is 1360. The minimum atomic E-state index is -3.14. The highest BCUT2D eigenvalue weighted by molar-refractivity contribution is 7.99. The lowest BCUT2D eigenvalue weighted by Gasteiger charge is -2.09. The Balaban J connectivity index is 1.69. The van der Waals surface area contributed by atoms with Crippen molar-refractivity contribution in [2.24, 2.45) is 0 Å². The molecule has 4 rings (SSSR count). The van der Waals surface area contributed by atoms with Gasteiger partial charge in [0.1, 0.15) is 11.6 Å². The Morgan fingerprint density at radius 1 is 1.24 bits per heavy atom. The van der Waals surface area contributed by atoms with E-state index in [1.165, 1.54) is 6.08 Å². The van der Waals surface area contributed by atoms with E-state index in [9.17, 15) is 18.5 Å². The number of benzene rings is 2. The lowest BCUT2D eigenvalue weighted by Crippen LogP contribution is -2.36. The third-order valence-corrected chi connectivity index (χ3v) is 8.10. The van der Waals surface area contributed by atoms with Gasteiger partial charge in [-0.25, -0.2) is 13.1 Å². The fourth-order valence-electron chi connectivity index (χ4n) is 3.78. The molecular formula is C25H24N4O3S2. The van der Waals surface area contributed by atoms with E-state index in [0.29, 0.717) is 17.7 Å². The molecule has 0 saturated carbocycles. The maximum Gasteiger partial charge on any atom is 0.262 e. The van der Waals surface area contributed by atoms with Gasteiger partial charge in [0.05, 0.1) is 22.9 Å². The van der Waals surface area contributed by atoms with Crippen molar-refractivity contribution < 1.29 is 13.2 Å². The SMILES string of the molecule is CCSc1ccc(-c2nn(-c3ccccc3)cc2/C=C(/C#N)C(=O)N[C@@H]2CCS(=O)(=O)C2)cc1. The van der Waals surface area contributed by atoms with E-state index in [4.69, 9.17) is 5.10 Å². The Morgan fingerprint density at radius 2 is 1.97 bits per heavy atom. The van der Waals surface area contributed by atoms with Crippen LogP contribution >= 0.6 is 11.8 Å². The normalized spacial score (nSPS) is 17.3. The van der Waals surface area contributed by atoms with Crippen LogP contribution in [0.4, 0.5) is 0 Å². The van der Waals surface area contributed by atoms with Crippen molar-refractivity contribution in [1.29, 1.82) is 5.26 Å². The third kappa shape index (κ3) is 5.58. The Hall–Kier alpha value is -3.35. The van der Waals surface area contributed by atoms with Crippen LogP contribution in [0.3, 0.4) is 0 Å². The zero-order valence-electron chi connectivity index (χ0n) is 18.6. The molecule has 0 spiro atoms. The van der Waals surface area contributed by atoms with Crippen molar-refractivity contribution in [3.05, 3.63) is 71.9 Å². The average Bonchev–Trinajstić information content (AvgIpc) is 3.41. The van der Waals surface area contributed by atoms with Gasteiger partial charge in [-0.3, -0.25) is 4.79 Å². The summed E-state index contributed by atoms with van der Waals surface area (Å²) in [5.41, 5.74) is 2.87. The molecule has 1 aliphatic rings. The molecule has 2 heterocycles. The van der Waals surface area contributed by atoms with Gasteiger partial charge in [0.2, 0.25) is 0 Å². The molecule has 0 radical (unpaired) electrons. The topological polar surface area (TPSA) is 105 Å². The first-order valence-corrected chi connectivity index (χ1v) is 13.7. The second kappa shape index (κ2) is 10.3. The molecule has 34 heavy (non-hydrogen) atoms. The molecule has 1 atom stereocenters. The van der Waals surface area contributed by atoms with Gasteiger partial charge >= 0.3 is 0 Å². The summed E-state index contributed by atoms with van der Waals surface area (Å²) in [5.74, 6) is 0.331. The summed E-state index contributed by atoms with van der Waals surface area (Å²) in [5, 5.41) is 17.1. The molecule has 1 saturated heterocycles.